The standard InChI is InChI=1S/C30H42N6O2/c1-8-36(24-11-9-23(10-12-24)34(5)6)28-17-22(27-13-14-35(7)33-27)16-25(21(28)4)29(37)31-18-26-19(2)15-20(3)32-30(26)38/h13-17,23-24,26H,8-12,18H2,1-7H3,(H,31,37). The smallest absolute Gasteiger partial charge is 0.254 e. The van der Waals surface area contributed by atoms with E-state index in [4.69, 9.17) is 0 Å². The van der Waals surface area contributed by atoms with Crippen LogP contribution in [0.2, 0.25) is 0 Å². The van der Waals surface area contributed by atoms with Crippen LogP contribution < -0.4 is 10.2 Å². The number of aryl methyl sites for hydroxylation is 1. The van der Waals surface area contributed by atoms with Gasteiger partial charge in [-0.25, -0.2) is 4.99 Å². The van der Waals surface area contributed by atoms with Gasteiger partial charge in [-0.1, -0.05) is 5.57 Å². The normalized spacial score (nSPS) is 21.8. The Balaban J connectivity index is 1.64. The van der Waals surface area contributed by atoms with Gasteiger partial charge in [0.1, 0.15) is 0 Å². The summed E-state index contributed by atoms with van der Waals surface area (Å²) in [4.78, 5) is 35.0. The van der Waals surface area contributed by atoms with E-state index in [0.29, 0.717) is 23.4 Å². The van der Waals surface area contributed by atoms with E-state index >= 15 is 0 Å². The number of nitrogens with zero attached hydrogens (tertiary/aromatic N) is 5. The number of anilines is 1. The molecule has 1 unspecified atom stereocenters. The van der Waals surface area contributed by atoms with Crippen LogP contribution in [0.15, 0.2) is 41.0 Å². The number of hydrogen-bond donors (Lipinski definition) is 1. The molecule has 4 rings (SSSR count). The maximum absolute atomic E-state index is 13.6. The summed E-state index contributed by atoms with van der Waals surface area (Å²) in [5.41, 5.74) is 6.04. The van der Waals surface area contributed by atoms with Crippen molar-refractivity contribution in [3.8, 4) is 11.3 Å². The van der Waals surface area contributed by atoms with Crippen LogP contribution >= 0.6 is 0 Å². The van der Waals surface area contributed by atoms with Gasteiger partial charge in [0.15, 0.2) is 0 Å². The van der Waals surface area contributed by atoms with E-state index in [1.165, 1.54) is 12.8 Å². The zero-order valence-electron chi connectivity index (χ0n) is 23.9. The summed E-state index contributed by atoms with van der Waals surface area (Å²) in [5, 5.41) is 7.65. The summed E-state index contributed by atoms with van der Waals surface area (Å²) in [6.07, 6.45) is 8.42. The minimum atomic E-state index is -0.430. The van der Waals surface area contributed by atoms with Crippen LogP contribution in [0.25, 0.3) is 11.3 Å². The molecular weight excluding hydrogens is 476 g/mol. The number of carbonyl (C=O) groups excluding carboxylic acids is 2. The molecule has 1 aliphatic carbocycles. The second kappa shape index (κ2) is 11.6. The Hall–Kier alpha value is -3.26. The van der Waals surface area contributed by atoms with E-state index in [2.05, 4.69) is 52.3 Å². The molecule has 204 valence electrons. The fraction of sp³-hybridized carbons (Fsp3) is 0.533. The Bertz CT molecular complexity index is 1250. The third-order valence-electron chi connectivity index (χ3n) is 8.16. The molecule has 8 nitrogen and oxygen atoms in total. The SMILES string of the molecule is CCN(c1cc(-c2ccn(C)n2)cc(C(=O)NCC2C(=O)N=C(C)C=C2C)c1C)C1CCC(N(C)C)CC1. The van der Waals surface area contributed by atoms with Gasteiger partial charge in [0, 0.05) is 60.9 Å². The van der Waals surface area contributed by atoms with Gasteiger partial charge in [0.05, 0.1) is 11.6 Å². The second-order valence-electron chi connectivity index (χ2n) is 11.0. The second-order valence-corrected chi connectivity index (χ2v) is 11.0. The quantitative estimate of drug-likeness (QED) is 0.561. The number of rotatable bonds is 8. The molecule has 2 amide bonds. The van der Waals surface area contributed by atoms with E-state index in [0.717, 1.165) is 47.5 Å². The molecule has 1 fully saturated rings. The zero-order chi connectivity index (χ0) is 27.6. The molecule has 0 radical (unpaired) electrons. The molecular formula is C30H42N6O2. The van der Waals surface area contributed by atoms with Gasteiger partial charge in [-0.15, -0.1) is 0 Å². The summed E-state index contributed by atoms with van der Waals surface area (Å²) in [5.74, 6) is -0.811. The third-order valence-corrected chi connectivity index (χ3v) is 8.16. The molecule has 2 heterocycles. The summed E-state index contributed by atoms with van der Waals surface area (Å²) in [6.45, 7) is 9.05. The largest absolute Gasteiger partial charge is 0.369 e. The first kappa shape index (κ1) is 27.8. The highest BCUT2D eigenvalue weighted by atomic mass is 16.2. The summed E-state index contributed by atoms with van der Waals surface area (Å²) < 4.78 is 1.78. The predicted octanol–water partition coefficient (Wildman–Crippen LogP) is 4.39. The molecule has 1 aliphatic heterocycles. The van der Waals surface area contributed by atoms with Gasteiger partial charge >= 0.3 is 0 Å². The number of allylic oxidation sites excluding steroid dienone is 1. The van der Waals surface area contributed by atoms with E-state index in [9.17, 15) is 9.59 Å². The van der Waals surface area contributed by atoms with E-state index in [-0.39, 0.29) is 18.4 Å². The van der Waals surface area contributed by atoms with Gasteiger partial charge in [-0.3, -0.25) is 14.3 Å². The fourth-order valence-electron chi connectivity index (χ4n) is 5.91. The van der Waals surface area contributed by atoms with Crippen LogP contribution in [0.5, 0.6) is 0 Å². The van der Waals surface area contributed by atoms with Crippen molar-refractivity contribution in [3.05, 3.63) is 47.2 Å². The maximum atomic E-state index is 13.6. The molecule has 1 saturated carbocycles. The van der Waals surface area contributed by atoms with Gasteiger partial charge in [0.2, 0.25) is 0 Å². The minimum absolute atomic E-state index is 0.180. The van der Waals surface area contributed by atoms with Gasteiger partial charge < -0.3 is 15.1 Å². The molecule has 0 spiro atoms. The fourth-order valence-corrected chi connectivity index (χ4v) is 5.91. The lowest BCUT2D eigenvalue weighted by atomic mass is 9.88. The Morgan fingerprint density at radius 2 is 1.79 bits per heavy atom. The highest BCUT2D eigenvalue weighted by Crippen LogP contribution is 2.35. The number of benzene rings is 1. The first-order valence-electron chi connectivity index (χ1n) is 13.7. The highest BCUT2D eigenvalue weighted by Gasteiger charge is 2.29. The van der Waals surface area contributed by atoms with Crippen LogP contribution in [-0.2, 0) is 11.8 Å². The molecule has 1 N–H and O–H groups in total. The van der Waals surface area contributed by atoms with Crippen molar-refractivity contribution in [1.82, 2.24) is 20.0 Å². The average Bonchev–Trinajstić information content (AvgIpc) is 3.31. The van der Waals surface area contributed by atoms with Gasteiger partial charge in [-0.05, 0) is 97.3 Å². The van der Waals surface area contributed by atoms with Gasteiger partial charge in [0.25, 0.3) is 11.8 Å². The highest BCUT2D eigenvalue weighted by molar-refractivity contribution is 6.06. The van der Waals surface area contributed by atoms with Crippen molar-refractivity contribution in [3.63, 3.8) is 0 Å². The van der Waals surface area contributed by atoms with E-state index in [1.54, 1.807) is 4.68 Å². The van der Waals surface area contributed by atoms with Crippen LogP contribution in [0.3, 0.4) is 0 Å². The van der Waals surface area contributed by atoms with Crippen molar-refractivity contribution in [2.75, 3.05) is 32.1 Å². The monoisotopic (exact) mass is 518 g/mol. The molecule has 38 heavy (non-hydrogen) atoms. The summed E-state index contributed by atoms with van der Waals surface area (Å²) >= 11 is 0. The zero-order valence-corrected chi connectivity index (χ0v) is 23.9. The average molecular weight is 519 g/mol. The Labute approximate surface area is 226 Å². The molecule has 8 heteroatoms. The summed E-state index contributed by atoms with van der Waals surface area (Å²) in [7, 11) is 6.23. The number of dihydropyridines is 1. The first-order chi connectivity index (χ1) is 18.1. The van der Waals surface area contributed by atoms with Gasteiger partial charge in [-0.2, -0.15) is 5.10 Å². The Morgan fingerprint density at radius 1 is 1.11 bits per heavy atom. The van der Waals surface area contributed by atoms with Crippen LogP contribution in [-0.4, -0.2) is 71.5 Å². The number of amides is 2. The molecule has 0 bridgehead atoms. The number of aromatic nitrogens is 2. The van der Waals surface area contributed by atoms with Crippen LogP contribution in [0, 0.1) is 12.8 Å². The Morgan fingerprint density at radius 3 is 2.37 bits per heavy atom. The lowest BCUT2D eigenvalue weighted by Crippen LogP contribution is -2.42. The number of hydrogen-bond acceptors (Lipinski definition) is 5. The lowest BCUT2D eigenvalue weighted by molar-refractivity contribution is -0.120. The van der Waals surface area contributed by atoms with Crippen molar-refractivity contribution >= 4 is 23.2 Å². The van der Waals surface area contributed by atoms with E-state index in [1.807, 2.05) is 52.2 Å². The van der Waals surface area contributed by atoms with Crippen LogP contribution in [0.1, 0.15) is 62.4 Å². The molecule has 1 atom stereocenters. The van der Waals surface area contributed by atoms with Crippen molar-refractivity contribution in [2.45, 2.75) is 65.5 Å². The third kappa shape index (κ3) is 5.90. The van der Waals surface area contributed by atoms with Crippen molar-refractivity contribution < 1.29 is 9.59 Å². The topological polar surface area (TPSA) is 82.8 Å². The molecule has 1 aromatic carbocycles. The van der Waals surface area contributed by atoms with Crippen LogP contribution in [0.4, 0.5) is 5.69 Å². The lowest BCUT2D eigenvalue weighted by Gasteiger charge is -2.40. The maximum Gasteiger partial charge on any atom is 0.254 e. The van der Waals surface area contributed by atoms with E-state index < -0.39 is 5.92 Å². The first-order valence-corrected chi connectivity index (χ1v) is 13.7. The predicted molar refractivity (Wildman–Crippen MR) is 154 cm³/mol. The Kier molecular flexibility index (Phi) is 8.51. The van der Waals surface area contributed by atoms with Crippen molar-refractivity contribution in [2.24, 2.45) is 18.0 Å². The molecule has 1 aromatic heterocycles. The molecule has 2 aliphatic rings. The van der Waals surface area contributed by atoms with Crippen molar-refractivity contribution in [1.29, 1.82) is 0 Å². The number of carbonyl (C=O) groups is 2. The molecule has 0 saturated heterocycles. The molecule has 2 aromatic rings. The minimum Gasteiger partial charge on any atom is -0.369 e. The number of nitrogens with one attached hydrogen (secondary N) is 1. The summed E-state index contributed by atoms with van der Waals surface area (Å²) in [6, 6.07) is 7.15. The number of aliphatic imine (C=N–C) groups is 1.